The highest BCUT2D eigenvalue weighted by Crippen LogP contribution is 2.15. The van der Waals surface area contributed by atoms with Gasteiger partial charge in [0.15, 0.2) is 0 Å². The highest BCUT2D eigenvalue weighted by Gasteiger charge is 2.24. The Morgan fingerprint density at radius 3 is 2.42 bits per heavy atom. The number of alkyl carbamates (subject to hydrolysis) is 1. The Labute approximate surface area is 159 Å². The molecule has 1 aliphatic rings. The van der Waals surface area contributed by atoms with Crippen LogP contribution in [0.25, 0.3) is 0 Å². The fourth-order valence-corrected chi connectivity index (χ4v) is 1.89. The van der Waals surface area contributed by atoms with E-state index in [9.17, 15) is 9.59 Å². The van der Waals surface area contributed by atoms with E-state index in [-0.39, 0.29) is 17.7 Å². The van der Waals surface area contributed by atoms with Crippen LogP contribution in [-0.4, -0.2) is 67.9 Å². The van der Waals surface area contributed by atoms with Crippen molar-refractivity contribution in [1.29, 1.82) is 0 Å². The molecule has 0 unspecified atom stereocenters. The summed E-state index contributed by atoms with van der Waals surface area (Å²) in [5.74, 6) is 0. The average Bonchev–Trinajstić information content (AvgIpc) is 2.59. The summed E-state index contributed by atoms with van der Waals surface area (Å²) in [4.78, 5) is 28.8. The molecule has 1 N–H and O–H groups in total. The lowest BCUT2D eigenvalue weighted by atomic mass is 10.0. The van der Waals surface area contributed by atoms with E-state index in [0.717, 1.165) is 19.5 Å². The second-order valence-electron chi connectivity index (χ2n) is 6.49. The molecule has 0 radical (unpaired) electrons. The molecule has 0 aromatic rings. The first-order valence-corrected chi connectivity index (χ1v) is 8.88. The Kier molecular flexibility index (Phi) is 14.5. The van der Waals surface area contributed by atoms with Crippen molar-refractivity contribution in [1.82, 2.24) is 15.3 Å². The van der Waals surface area contributed by atoms with Crippen LogP contribution >= 0.6 is 0 Å². The molecule has 0 bridgehead atoms. The summed E-state index contributed by atoms with van der Waals surface area (Å²) < 4.78 is 4.84. The number of hydrogen-bond acceptors (Lipinski definition) is 5. The maximum atomic E-state index is 10.9. The number of ether oxygens (including phenoxy) is 1. The van der Waals surface area contributed by atoms with Gasteiger partial charge in [0.1, 0.15) is 5.60 Å². The number of nitrogens with one attached hydrogen (secondary N) is 1. The monoisotopic (exact) mass is 371 g/mol. The summed E-state index contributed by atoms with van der Waals surface area (Å²) >= 11 is 0. The summed E-state index contributed by atoms with van der Waals surface area (Å²) in [5.41, 5.74) is 0.782. The third-order valence-electron chi connectivity index (χ3n) is 3.09. The van der Waals surface area contributed by atoms with Gasteiger partial charge in [0.2, 0.25) is 6.41 Å². The fraction of sp³-hybridized carbons (Fsp3) is 0.684. The molecule has 7 nitrogen and oxygen atoms in total. The lowest BCUT2D eigenvalue weighted by Gasteiger charge is -2.34. The number of carbonyl (C=O) groups excluding carboxylic acids is 2. The van der Waals surface area contributed by atoms with E-state index in [4.69, 9.17) is 9.57 Å². The summed E-state index contributed by atoms with van der Waals surface area (Å²) in [5, 5.41) is 3.72. The molecule has 1 heterocycles. The molecule has 1 atom stereocenters. The molecule has 1 aliphatic heterocycles. The number of hydroxylamine groups is 2. The number of carbonyl (C=O) groups is 2. The Morgan fingerprint density at radius 1 is 1.46 bits per heavy atom. The van der Waals surface area contributed by atoms with Gasteiger partial charge in [-0.15, -0.1) is 6.58 Å². The van der Waals surface area contributed by atoms with E-state index in [1.807, 2.05) is 48.6 Å². The first kappa shape index (κ1) is 26.4. The van der Waals surface area contributed by atoms with E-state index >= 15 is 0 Å². The van der Waals surface area contributed by atoms with Gasteiger partial charge in [-0.05, 0) is 40.3 Å². The summed E-state index contributed by atoms with van der Waals surface area (Å²) in [6, 6.07) is 0.0150. The molecular formula is C19H37N3O4. The van der Waals surface area contributed by atoms with Gasteiger partial charge in [0.25, 0.3) is 0 Å². The number of hydrogen-bond donors (Lipinski definition) is 1. The molecule has 1 rings (SSSR count). The third kappa shape index (κ3) is 12.5. The molecule has 2 amide bonds. The minimum absolute atomic E-state index is 0.0150. The maximum Gasteiger partial charge on any atom is 0.407 e. The van der Waals surface area contributed by atoms with Crippen molar-refractivity contribution in [3.8, 4) is 0 Å². The lowest BCUT2D eigenvalue weighted by Crippen LogP contribution is -2.45. The van der Waals surface area contributed by atoms with E-state index in [1.165, 1.54) is 17.7 Å². The van der Waals surface area contributed by atoms with Gasteiger partial charge < -0.3 is 15.0 Å². The van der Waals surface area contributed by atoms with Crippen molar-refractivity contribution in [2.75, 3.05) is 33.8 Å². The first-order valence-electron chi connectivity index (χ1n) is 8.88. The van der Waals surface area contributed by atoms with Crippen molar-refractivity contribution >= 4 is 12.5 Å². The topological polar surface area (TPSA) is 71.1 Å². The highest BCUT2D eigenvalue weighted by molar-refractivity contribution is 5.67. The van der Waals surface area contributed by atoms with Crippen LogP contribution < -0.4 is 5.32 Å². The minimum atomic E-state index is -0.389. The second-order valence-corrected chi connectivity index (χ2v) is 6.49. The molecule has 0 fully saturated rings. The first-order chi connectivity index (χ1) is 12.1. The Balaban J connectivity index is 0. The standard InChI is InChI=1S/C11H18N2O2.C6H13NO2.C2H6/c1-4-7-15-13(9-14)11-8-12(3)6-5-10(11)2;1-6(2,3)9-5(8)7-4;1-2/h4-5,9,11H,1,6-8H2,2-3H3;1-4H3,(H,7,8);1-2H3/t11-;;/m0../s1. The molecular weight excluding hydrogens is 334 g/mol. The largest absolute Gasteiger partial charge is 0.444 e. The zero-order valence-corrected chi connectivity index (χ0v) is 17.7. The van der Waals surface area contributed by atoms with Crippen molar-refractivity contribution in [2.45, 2.75) is 53.2 Å². The Bertz CT molecular complexity index is 445. The number of rotatable bonds is 5. The third-order valence-corrected chi connectivity index (χ3v) is 3.09. The van der Waals surface area contributed by atoms with Crippen LogP contribution in [-0.2, 0) is 14.4 Å². The summed E-state index contributed by atoms with van der Waals surface area (Å²) in [6.45, 7) is 17.1. The molecule has 0 saturated heterocycles. The van der Waals surface area contributed by atoms with E-state index in [1.54, 1.807) is 6.08 Å². The molecule has 0 aliphatic carbocycles. The smallest absolute Gasteiger partial charge is 0.407 e. The van der Waals surface area contributed by atoms with E-state index in [0.29, 0.717) is 6.61 Å². The zero-order chi connectivity index (χ0) is 20.8. The molecule has 152 valence electrons. The van der Waals surface area contributed by atoms with Crippen LogP contribution in [0, 0.1) is 0 Å². The van der Waals surface area contributed by atoms with Crippen molar-refractivity contribution in [3.63, 3.8) is 0 Å². The second kappa shape index (κ2) is 14.3. The molecule has 0 aromatic heterocycles. The Morgan fingerprint density at radius 2 is 2.04 bits per heavy atom. The normalized spacial score (nSPS) is 16.6. The number of likely N-dealkylation sites (N-methyl/N-ethyl adjacent to an activating group) is 1. The Hall–Kier alpha value is -1.86. The highest BCUT2D eigenvalue weighted by atomic mass is 16.7. The number of nitrogens with zero attached hydrogens (tertiary/aromatic N) is 2. The van der Waals surface area contributed by atoms with Gasteiger partial charge in [-0.3, -0.25) is 9.63 Å². The van der Waals surface area contributed by atoms with Crippen LogP contribution in [0.2, 0.25) is 0 Å². The van der Waals surface area contributed by atoms with Crippen LogP contribution in [0.5, 0.6) is 0 Å². The van der Waals surface area contributed by atoms with Gasteiger partial charge in [0, 0.05) is 20.1 Å². The quantitative estimate of drug-likeness (QED) is 0.457. The van der Waals surface area contributed by atoms with Crippen LogP contribution in [0.3, 0.4) is 0 Å². The molecule has 0 spiro atoms. The molecule has 0 aromatic carbocycles. The van der Waals surface area contributed by atoms with E-state index < -0.39 is 0 Å². The fourth-order valence-electron chi connectivity index (χ4n) is 1.89. The SMILES string of the molecule is C=CCON(C=O)[C@H]1CN(C)CC=C1C.CC.CNC(=O)OC(C)(C)C. The van der Waals surface area contributed by atoms with Gasteiger partial charge in [-0.2, -0.15) is 0 Å². The van der Waals surface area contributed by atoms with Crippen LogP contribution in [0.1, 0.15) is 41.5 Å². The predicted molar refractivity (Wildman–Crippen MR) is 106 cm³/mol. The zero-order valence-electron chi connectivity index (χ0n) is 17.7. The summed E-state index contributed by atoms with van der Waals surface area (Å²) in [6.07, 6.45) is 4.08. The molecule has 26 heavy (non-hydrogen) atoms. The molecule has 0 saturated carbocycles. The van der Waals surface area contributed by atoms with E-state index in [2.05, 4.69) is 22.9 Å². The van der Waals surface area contributed by atoms with Gasteiger partial charge in [0.05, 0.1) is 12.6 Å². The van der Waals surface area contributed by atoms with Gasteiger partial charge in [-0.1, -0.05) is 26.0 Å². The van der Waals surface area contributed by atoms with Gasteiger partial charge >= 0.3 is 6.09 Å². The maximum absolute atomic E-state index is 10.9. The number of amides is 2. The van der Waals surface area contributed by atoms with Crippen molar-refractivity contribution < 1.29 is 19.2 Å². The average molecular weight is 372 g/mol. The van der Waals surface area contributed by atoms with Crippen LogP contribution in [0.15, 0.2) is 24.3 Å². The lowest BCUT2D eigenvalue weighted by molar-refractivity contribution is -0.179. The van der Waals surface area contributed by atoms with Crippen molar-refractivity contribution in [3.05, 3.63) is 24.3 Å². The minimum Gasteiger partial charge on any atom is -0.444 e. The van der Waals surface area contributed by atoms with Crippen LogP contribution in [0.4, 0.5) is 4.79 Å². The predicted octanol–water partition coefficient (Wildman–Crippen LogP) is 2.99. The molecule has 7 heteroatoms. The van der Waals surface area contributed by atoms with Gasteiger partial charge in [-0.25, -0.2) is 9.86 Å². The van der Waals surface area contributed by atoms with Crippen molar-refractivity contribution in [2.24, 2.45) is 0 Å². The summed E-state index contributed by atoms with van der Waals surface area (Å²) in [7, 11) is 3.56.